The van der Waals surface area contributed by atoms with Gasteiger partial charge in [0.1, 0.15) is 5.75 Å². The molecule has 0 aliphatic carbocycles. The van der Waals surface area contributed by atoms with Gasteiger partial charge in [0.2, 0.25) is 5.91 Å². The van der Waals surface area contributed by atoms with Gasteiger partial charge in [0, 0.05) is 44.5 Å². The number of rotatable bonds is 4. The van der Waals surface area contributed by atoms with Crippen LogP contribution < -0.4 is 5.73 Å². The van der Waals surface area contributed by atoms with Crippen molar-refractivity contribution < 1.29 is 13.2 Å². The third-order valence-electron chi connectivity index (χ3n) is 3.37. The summed E-state index contributed by atoms with van der Waals surface area (Å²) in [5, 5.41) is 0. The van der Waals surface area contributed by atoms with Gasteiger partial charge < -0.3 is 10.6 Å². The highest BCUT2D eigenvalue weighted by Crippen LogP contribution is 2.15. The highest BCUT2D eigenvalue weighted by Gasteiger charge is 2.30. The Kier molecular flexibility index (Phi) is 4.74. The molecule has 1 fully saturated rings. The SMILES string of the molecule is CC(C)(CN)N1CCN(C(=O)CS(C)(=O)=O)CC1. The zero-order valence-corrected chi connectivity index (χ0v) is 12.2. The van der Waals surface area contributed by atoms with Crippen molar-refractivity contribution in [2.24, 2.45) is 5.73 Å². The molecule has 2 N–H and O–H groups in total. The van der Waals surface area contributed by atoms with E-state index in [4.69, 9.17) is 5.73 Å². The van der Waals surface area contributed by atoms with Gasteiger partial charge in [-0.1, -0.05) is 0 Å². The zero-order valence-electron chi connectivity index (χ0n) is 11.3. The van der Waals surface area contributed by atoms with Crippen LogP contribution in [0.5, 0.6) is 0 Å². The van der Waals surface area contributed by atoms with Crippen molar-refractivity contribution in [3.05, 3.63) is 0 Å². The number of nitrogens with zero attached hydrogens (tertiary/aromatic N) is 2. The second-order valence-corrected chi connectivity index (χ2v) is 7.59. The third-order valence-corrected chi connectivity index (χ3v) is 4.14. The monoisotopic (exact) mass is 277 g/mol. The molecule has 0 radical (unpaired) electrons. The maximum atomic E-state index is 11.7. The minimum atomic E-state index is -3.24. The molecule has 1 saturated heterocycles. The number of carbonyl (C=O) groups excluding carboxylic acids is 1. The van der Waals surface area contributed by atoms with Gasteiger partial charge in [-0.3, -0.25) is 9.69 Å². The predicted molar refractivity (Wildman–Crippen MR) is 71.0 cm³/mol. The maximum Gasteiger partial charge on any atom is 0.237 e. The maximum absolute atomic E-state index is 11.7. The van der Waals surface area contributed by atoms with Crippen molar-refractivity contribution in [1.82, 2.24) is 9.80 Å². The van der Waals surface area contributed by atoms with Gasteiger partial charge in [0.05, 0.1) is 0 Å². The van der Waals surface area contributed by atoms with E-state index in [1.807, 2.05) is 0 Å². The molecule has 1 aliphatic rings. The average Bonchev–Trinajstić information content (AvgIpc) is 2.27. The fourth-order valence-corrected chi connectivity index (χ4v) is 2.64. The standard InChI is InChI=1S/C11H23N3O3S/c1-11(2,9-12)14-6-4-13(5-7-14)10(15)8-18(3,16)17/h4-9,12H2,1-3H3. The third kappa shape index (κ3) is 4.22. The molecule has 18 heavy (non-hydrogen) atoms. The highest BCUT2D eigenvalue weighted by atomic mass is 32.2. The van der Waals surface area contributed by atoms with E-state index in [9.17, 15) is 13.2 Å². The molecular weight excluding hydrogens is 254 g/mol. The van der Waals surface area contributed by atoms with Gasteiger partial charge in [-0.15, -0.1) is 0 Å². The van der Waals surface area contributed by atoms with E-state index in [0.717, 1.165) is 19.3 Å². The summed E-state index contributed by atoms with van der Waals surface area (Å²) in [6.45, 7) is 7.31. The van der Waals surface area contributed by atoms with E-state index in [2.05, 4.69) is 18.7 Å². The molecule has 0 aromatic rings. The Bertz CT molecular complexity index is 398. The van der Waals surface area contributed by atoms with Crippen LogP contribution in [0.15, 0.2) is 0 Å². The molecule has 7 heteroatoms. The van der Waals surface area contributed by atoms with Gasteiger partial charge >= 0.3 is 0 Å². The van der Waals surface area contributed by atoms with Crippen LogP contribution in [0.25, 0.3) is 0 Å². The van der Waals surface area contributed by atoms with Gasteiger partial charge in [-0.05, 0) is 13.8 Å². The highest BCUT2D eigenvalue weighted by molar-refractivity contribution is 7.91. The molecule has 1 amide bonds. The minimum Gasteiger partial charge on any atom is -0.339 e. The molecule has 1 heterocycles. The van der Waals surface area contributed by atoms with E-state index < -0.39 is 15.6 Å². The van der Waals surface area contributed by atoms with Crippen LogP contribution in [0.1, 0.15) is 13.8 Å². The summed E-state index contributed by atoms with van der Waals surface area (Å²) in [6, 6.07) is 0. The van der Waals surface area contributed by atoms with E-state index in [1.54, 1.807) is 4.90 Å². The van der Waals surface area contributed by atoms with Crippen molar-refractivity contribution >= 4 is 15.7 Å². The molecule has 0 bridgehead atoms. The summed E-state index contributed by atoms with van der Waals surface area (Å²) in [5.74, 6) is -0.699. The number of nitrogens with two attached hydrogens (primary N) is 1. The fourth-order valence-electron chi connectivity index (χ4n) is 2.01. The van der Waals surface area contributed by atoms with Crippen molar-refractivity contribution in [2.45, 2.75) is 19.4 Å². The van der Waals surface area contributed by atoms with Crippen LogP contribution >= 0.6 is 0 Å². The molecule has 0 saturated carbocycles. The van der Waals surface area contributed by atoms with Crippen LogP contribution in [0.2, 0.25) is 0 Å². The molecule has 0 unspecified atom stereocenters. The second kappa shape index (κ2) is 5.54. The number of carbonyl (C=O) groups is 1. The Morgan fingerprint density at radius 2 is 1.72 bits per heavy atom. The molecule has 106 valence electrons. The summed E-state index contributed by atoms with van der Waals surface area (Å²) >= 11 is 0. The van der Waals surface area contributed by atoms with Gasteiger partial charge in [-0.2, -0.15) is 0 Å². The summed E-state index contributed by atoms with van der Waals surface area (Å²) in [5.41, 5.74) is 5.64. The van der Waals surface area contributed by atoms with Crippen molar-refractivity contribution in [2.75, 3.05) is 44.7 Å². The van der Waals surface area contributed by atoms with Crippen LogP contribution in [-0.4, -0.2) is 74.4 Å². The Morgan fingerprint density at radius 1 is 1.22 bits per heavy atom. The lowest BCUT2D eigenvalue weighted by molar-refractivity contribution is -0.130. The van der Waals surface area contributed by atoms with Gasteiger partial charge in [0.25, 0.3) is 0 Å². The lowest BCUT2D eigenvalue weighted by atomic mass is 10.0. The number of hydrogen-bond acceptors (Lipinski definition) is 5. The minimum absolute atomic E-state index is 0.0774. The van der Waals surface area contributed by atoms with Crippen LogP contribution in [0.4, 0.5) is 0 Å². The molecule has 0 aromatic carbocycles. The van der Waals surface area contributed by atoms with Gasteiger partial charge in [-0.25, -0.2) is 8.42 Å². The van der Waals surface area contributed by atoms with Crippen LogP contribution in [-0.2, 0) is 14.6 Å². The summed E-state index contributed by atoms with van der Waals surface area (Å²) in [4.78, 5) is 15.6. The van der Waals surface area contributed by atoms with Crippen molar-refractivity contribution in [3.8, 4) is 0 Å². The Balaban J connectivity index is 2.52. The smallest absolute Gasteiger partial charge is 0.237 e. The first-order valence-corrected chi connectivity index (χ1v) is 8.12. The lowest BCUT2D eigenvalue weighted by Crippen LogP contribution is -2.58. The molecule has 0 spiro atoms. The van der Waals surface area contributed by atoms with E-state index in [0.29, 0.717) is 19.6 Å². The first-order valence-electron chi connectivity index (χ1n) is 6.06. The summed E-state index contributed by atoms with van der Waals surface area (Å²) in [7, 11) is -3.24. The number of hydrogen-bond donors (Lipinski definition) is 1. The Hall–Kier alpha value is -0.660. The molecule has 1 rings (SSSR count). The van der Waals surface area contributed by atoms with Crippen molar-refractivity contribution in [1.29, 1.82) is 0 Å². The molecule has 0 aromatic heterocycles. The average molecular weight is 277 g/mol. The van der Waals surface area contributed by atoms with E-state index >= 15 is 0 Å². The fraction of sp³-hybridized carbons (Fsp3) is 0.909. The van der Waals surface area contributed by atoms with Crippen molar-refractivity contribution in [3.63, 3.8) is 0 Å². The first kappa shape index (κ1) is 15.4. The first-order chi connectivity index (χ1) is 8.15. The number of amides is 1. The molecule has 0 atom stereocenters. The molecular formula is C11H23N3O3S. The van der Waals surface area contributed by atoms with Gasteiger partial charge in [0.15, 0.2) is 9.84 Å². The Labute approximate surface area is 109 Å². The van der Waals surface area contributed by atoms with E-state index in [1.165, 1.54) is 0 Å². The number of piperazine rings is 1. The largest absolute Gasteiger partial charge is 0.339 e. The number of sulfone groups is 1. The predicted octanol–water partition coefficient (Wildman–Crippen LogP) is -1.09. The quantitative estimate of drug-likeness (QED) is 0.706. The summed E-state index contributed by atoms with van der Waals surface area (Å²) < 4.78 is 22.2. The lowest BCUT2D eigenvalue weighted by Gasteiger charge is -2.43. The molecule has 1 aliphatic heterocycles. The van der Waals surface area contributed by atoms with Crippen LogP contribution in [0.3, 0.4) is 0 Å². The van der Waals surface area contributed by atoms with E-state index in [-0.39, 0.29) is 11.4 Å². The Morgan fingerprint density at radius 3 is 2.11 bits per heavy atom. The topological polar surface area (TPSA) is 83.7 Å². The van der Waals surface area contributed by atoms with Crippen LogP contribution in [0, 0.1) is 0 Å². The normalized spacial score (nSPS) is 19.0. The second-order valence-electron chi connectivity index (χ2n) is 5.45. The molecule has 6 nitrogen and oxygen atoms in total. The zero-order chi connectivity index (χ0) is 14.0. The summed E-state index contributed by atoms with van der Waals surface area (Å²) in [6.07, 6.45) is 1.08.